The Kier molecular flexibility index (Phi) is 5.81. The molecule has 112 valence electrons. The summed E-state index contributed by atoms with van der Waals surface area (Å²) in [4.78, 5) is 0.289. The first-order valence-electron chi connectivity index (χ1n) is 6.65. The SMILES string of the molecule is C#CCN(C)S(=O)(=O)c1cc(CNCC)n(C(C)C)c1. The summed E-state index contributed by atoms with van der Waals surface area (Å²) >= 11 is 0. The maximum atomic E-state index is 12.4. The highest BCUT2D eigenvalue weighted by atomic mass is 32.2. The fourth-order valence-electron chi connectivity index (χ4n) is 1.91. The second-order valence-electron chi connectivity index (χ2n) is 4.91. The van der Waals surface area contributed by atoms with Crippen molar-refractivity contribution in [2.45, 2.75) is 38.3 Å². The number of nitrogens with zero attached hydrogens (tertiary/aromatic N) is 2. The highest BCUT2D eigenvalue weighted by molar-refractivity contribution is 7.89. The third kappa shape index (κ3) is 3.63. The number of terminal acetylenes is 1. The molecule has 0 atom stereocenters. The predicted octanol–water partition coefficient (Wildman–Crippen LogP) is 1.43. The normalized spacial score (nSPS) is 12.1. The lowest BCUT2D eigenvalue weighted by atomic mass is 10.3. The monoisotopic (exact) mass is 297 g/mol. The number of nitrogens with one attached hydrogen (secondary N) is 1. The quantitative estimate of drug-likeness (QED) is 0.775. The molecule has 0 aliphatic heterocycles. The molecule has 0 saturated heterocycles. The fourth-order valence-corrected chi connectivity index (χ4v) is 3.04. The summed E-state index contributed by atoms with van der Waals surface area (Å²) in [5, 5.41) is 3.22. The van der Waals surface area contributed by atoms with Crippen molar-refractivity contribution >= 4 is 10.0 Å². The number of hydrogen-bond donors (Lipinski definition) is 1. The van der Waals surface area contributed by atoms with Crippen LogP contribution in [0.15, 0.2) is 17.2 Å². The first-order chi connectivity index (χ1) is 9.34. The van der Waals surface area contributed by atoms with Crippen LogP contribution in [0.5, 0.6) is 0 Å². The molecular formula is C14H23N3O2S. The average Bonchev–Trinajstić information content (AvgIpc) is 2.81. The van der Waals surface area contributed by atoms with Gasteiger partial charge in [0.25, 0.3) is 0 Å². The Hall–Kier alpha value is -1.29. The topological polar surface area (TPSA) is 54.3 Å². The highest BCUT2D eigenvalue weighted by Crippen LogP contribution is 2.21. The molecular weight excluding hydrogens is 274 g/mol. The Bertz CT molecular complexity index is 582. The minimum atomic E-state index is -3.52. The maximum Gasteiger partial charge on any atom is 0.245 e. The van der Waals surface area contributed by atoms with Gasteiger partial charge in [-0.25, -0.2) is 8.42 Å². The van der Waals surface area contributed by atoms with Crippen LogP contribution in [0.2, 0.25) is 0 Å². The van der Waals surface area contributed by atoms with Crippen LogP contribution in [0.3, 0.4) is 0 Å². The van der Waals surface area contributed by atoms with Crippen LogP contribution in [-0.2, 0) is 16.6 Å². The summed E-state index contributed by atoms with van der Waals surface area (Å²) in [6.07, 6.45) is 6.86. The van der Waals surface area contributed by atoms with Gasteiger partial charge in [-0.05, 0) is 26.5 Å². The third-order valence-electron chi connectivity index (χ3n) is 3.04. The van der Waals surface area contributed by atoms with Gasteiger partial charge >= 0.3 is 0 Å². The Balaban J connectivity index is 3.17. The molecule has 0 bridgehead atoms. The van der Waals surface area contributed by atoms with E-state index in [-0.39, 0.29) is 17.5 Å². The Labute approximate surface area is 122 Å². The predicted molar refractivity (Wildman–Crippen MR) is 80.8 cm³/mol. The van der Waals surface area contributed by atoms with Gasteiger partial charge in [0.2, 0.25) is 10.0 Å². The smallest absolute Gasteiger partial charge is 0.245 e. The van der Waals surface area contributed by atoms with Crippen molar-refractivity contribution < 1.29 is 8.42 Å². The summed E-state index contributed by atoms with van der Waals surface area (Å²) < 4.78 is 27.9. The molecule has 5 nitrogen and oxygen atoms in total. The summed E-state index contributed by atoms with van der Waals surface area (Å²) in [6.45, 7) is 7.61. The average molecular weight is 297 g/mol. The first kappa shape index (κ1) is 16.8. The van der Waals surface area contributed by atoms with Gasteiger partial charge in [0, 0.05) is 31.5 Å². The van der Waals surface area contributed by atoms with E-state index < -0.39 is 10.0 Å². The van der Waals surface area contributed by atoms with Crippen molar-refractivity contribution in [1.82, 2.24) is 14.2 Å². The van der Waals surface area contributed by atoms with E-state index in [0.717, 1.165) is 12.2 Å². The van der Waals surface area contributed by atoms with E-state index in [1.165, 1.54) is 11.4 Å². The lowest BCUT2D eigenvalue weighted by Gasteiger charge is -2.13. The molecule has 0 aromatic carbocycles. The van der Waals surface area contributed by atoms with E-state index in [0.29, 0.717) is 6.54 Å². The maximum absolute atomic E-state index is 12.4. The van der Waals surface area contributed by atoms with Crippen molar-refractivity contribution in [3.63, 3.8) is 0 Å². The second-order valence-corrected chi connectivity index (χ2v) is 6.96. The Morgan fingerprint density at radius 1 is 1.50 bits per heavy atom. The van der Waals surface area contributed by atoms with Crippen LogP contribution >= 0.6 is 0 Å². The van der Waals surface area contributed by atoms with E-state index in [4.69, 9.17) is 6.42 Å². The van der Waals surface area contributed by atoms with Crippen LogP contribution in [0, 0.1) is 12.3 Å². The molecule has 1 N–H and O–H groups in total. The van der Waals surface area contributed by atoms with Crippen molar-refractivity contribution in [1.29, 1.82) is 0 Å². The van der Waals surface area contributed by atoms with Crippen LogP contribution in [0.4, 0.5) is 0 Å². The summed E-state index contributed by atoms with van der Waals surface area (Å²) in [5.41, 5.74) is 0.953. The third-order valence-corrected chi connectivity index (χ3v) is 4.81. The van der Waals surface area contributed by atoms with Gasteiger partial charge in [-0.2, -0.15) is 4.31 Å². The van der Waals surface area contributed by atoms with Gasteiger partial charge in [0.05, 0.1) is 6.54 Å². The number of rotatable bonds is 7. The van der Waals surface area contributed by atoms with Gasteiger partial charge in [-0.15, -0.1) is 6.42 Å². The minimum absolute atomic E-state index is 0.0672. The standard InChI is InChI=1S/C14H23N3O2S/c1-6-8-16(5)20(18,19)14-9-13(10-15-7-2)17(11-14)12(3)4/h1,9,11-12,15H,7-8,10H2,2-5H3. The lowest BCUT2D eigenvalue weighted by molar-refractivity contribution is 0.502. The largest absolute Gasteiger partial charge is 0.346 e. The number of aromatic nitrogens is 1. The molecule has 0 saturated carbocycles. The number of sulfonamides is 1. The van der Waals surface area contributed by atoms with Gasteiger partial charge in [0.1, 0.15) is 4.90 Å². The zero-order valence-corrected chi connectivity index (χ0v) is 13.4. The number of hydrogen-bond acceptors (Lipinski definition) is 3. The second kappa shape index (κ2) is 6.93. The van der Waals surface area contributed by atoms with Crippen molar-refractivity contribution in [2.75, 3.05) is 20.1 Å². The molecule has 0 amide bonds. The van der Waals surface area contributed by atoms with Crippen molar-refractivity contribution in [2.24, 2.45) is 0 Å². The van der Waals surface area contributed by atoms with E-state index in [1.54, 1.807) is 12.3 Å². The minimum Gasteiger partial charge on any atom is -0.346 e. The van der Waals surface area contributed by atoms with Crippen LogP contribution in [0.1, 0.15) is 32.5 Å². The van der Waals surface area contributed by atoms with Crippen LogP contribution in [0.25, 0.3) is 0 Å². The molecule has 1 rings (SSSR count). The fraction of sp³-hybridized carbons (Fsp3) is 0.571. The van der Waals surface area contributed by atoms with Gasteiger partial charge in [-0.1, -0.05) is 12.8 Å². The molecule has 1 aromatic heterocycles. The van der Waals surface area contributed by atoms with E-state index in [1.807, 2.05) is 25.3 Å². The first-order valence-corrected chi connectivity index (χ1v) is 8.09. The van der Waals surface area contributed by atoms with E-state index in [9.17, 15) is 8.42 Å². The van der Waals surface area contributed by atoms with Gasteiger partial charge in [-0.3, -0.25) is 0 Å². The molecule has 0 fully saturated rings. The van der Waals surface area contributed by atoms with Gasteiger partial charge < -0.3 is 9.88 Å². The molecule has 0 aliphatic carbocycles. The zero-order chi connectivity index (χ0) is 15.3. The highest BCUT2D eigenvalue weighted by Gasteiger charge is 2.23. The van der Waals surface area contributed by atoms with Crippen LogP contribution < -0.4 is 5.32 Å². The van der Waals surface area contributed by atoms with E-state index in [2.05, 4.69) is 11.2 Å². The van der Waals surface area contributed by atoms with Gasteiger partial charge in [0.15, 0.2) is 0 Å². The summed E-state index contributed by atoms with van der Waals surface area (Å²) in [6, 6.07) is 1.91. The molecule has 0 unspecified atom stereocenters. The van der Waals surface area contributed by atoms with E-state index >= 15 is 0 Å². The lowest BCUT2D eigenvalue weighted by Crippen LogP contribution is -2.26. The molecule has 1 heterocycles. The molecule has 0 radical (unpaired) electrons. The van der Waals surface area contributed by atoms with Crippen molar-refractivity contribution in [3.8, 4) is 12.3 Å². The molecule has 1 aromatic rings. The van der Waals surface area contributed by atoms with Crippen LogP contribution in [-0.4, -0.2) is 37.4 Å². The molecule has 20 heavy (non-hydrogen) atoms. The summed E-state index contributed by atoms with van der Waals surface area (Å²) in [7, 11) is -2.03. The Morgan fingerprint density at radius 3 is 2.65 bits per heavy atom. The zero-order valence-electron chi connectivity index (χ0n) is 12.5. The van der Waals surface area contributed by atoms with Crippen molar-refractivity contribution in [3.05, 3.63) is 18.0 Å². The summed E-state index contributed by atoms with van der Waals surface area (Å²) in [5.74, 6) is 2.35. The molecule has 0 spiro atoms. The Morgan fingerprint density at radius 2 is 2.15 bits per heavy atom. The molecule has 0 aliphatic rings. The molecule has 6 heteroatoms.